The zero-order valence-corrected chi connectivity index (χ0v) is 13.3. The van der Waals surface area contributed by atoms with Crippen molar-refractivity contribution in [3.05, 3.63) is 42.5 Å². The highest BCUT2D eigenvalue weighted by Crippen LogP contribution is 2.22. The number of aliphatic carboxylic acids is 1. The lowest BCUT2D eigenvalue weighted by atomic mass is 10.2. The monoisotopic (exact) mass is 324 g/mol. The van der Waals surface area contributed by atoms with Crippen LogP contribution in [0.15, 0.2) is 42.5 Å². The Morgan fingerprint density at radius 2 is 1.83 bits per heavy atom. The number of benzene rings is 2. The van der Waals surface area contributed by atoms with Gasteiger partial charge in [-0.2, -0.15) is 4.57 Å². The molecule has 0 aliphatic carbocycles. The normalized spacial score (nSPS) is 10.9. The molecule has 0 aliphatic heterocycles. The predicted octanol–water partition coefficient (Wildman–Crippen LogP) is 2.50. The highest BCUT2D eigenvalue weighted by atomic mass is 16.4. The number of rotatable bonds is 5. The van der Waals surface area contributed by atoms with Crippen molar-refractivity contribution in [3.8, 4) is 0 Å². The first-order chi connectivity index (χ1) is 11.6. The van der Waals surface area contributed by atoms with E-state index in [1.165, 1.54) is 0 Å². The lowest BCUT2D eigenvalue weighted by Crippen LogP contribution is -2.34. The number of anilines is 1. The third kappa shape index (κ3) is 3.03. The average Bonchev–Trinajstić information content (AvgIpc) is 2.58. The minimum absolute atomic E-state index is 0.0624. The van der Waals surface area contributed by atoms with Gasteiger partial charge < -0.3 is 10.4 Å². The lowest BCUT2D eigenvalue weighted by molar-refractivity contribution is -0.641. The van der Waals surface area contributed by atoms with Gasteiger partial charge in [0, 0.05) is 18.6 Å². The molecule has 24 heavy (non-hydrogen) atoms. The summed E-state index contributed by atoms with van der Waals surface area (Å²) in [5, 5.41) is 11.5. The van der Waals surface area contributed by atoms with Gasteiger partial charge in [-0.3, -0.25) is 9.59 Å². The smallest absolute Gasteiger partial charge is 0.303 e. The maximum Gasteiger partial charge on any atom is 0.303 e. The number of nitrogens with one attached hydrogen (secondary N) is 1. The molecule has 1 heterocycles. The first kappa shape index (κ1) is 15.9. The Kier molecular flexibility index (Phi) is 4.37. The number of amides is 1. The van der Waals surface area contributed by atoms with Crippen LogP contribution in [0.4, 0.5) is 5.69 Å². The molecular formula is C18H18N3O3+. The van der Waals surface area contributed by atoms with Crippen molar-refractivity contribution in [1.29, 1.82) is 0 Å². The minimum atomic E-state index is -0.990. The summed E-state index contributed by atoms with van der Waals surface area (Å²) in [7, 11) is 0. The van der Waals surface area contributed by atoms with Gasteiger partial charge in [-0.1, -0.05) is 18.2 Å². The number of carboxylic acid groups (broad SMARTS) is 1. The van der Waals surface area contributed by atoms with Crippen molar-refractivity contribution < 1.29 is 19.3 Å². The van der Waals surface area contributed by atoms with Gasteiger partial charge in [-0.15, -0.1) is 0 Å². The molecule has 0 radical (unpaired) electrons. The van der Waals surface area contributed by atoms with Gasteiger partial charge in [0.25, 0.3) is 0 Å². The number of hydrogen-bond donors (Lipinski definition) is 2. The Labute approximate surface area is 138 Å². The van der Waals surface area contributed by atoms with Crippen LogP contribution in [0.5, 0.6) is 0 Å². The average molecular weight is 324 g/mol. The van der Waals surface area contributed by atoms with Gasteiger partial charge in [0.2, 0.25) is 16.9 Å². The van der Waals surface area contributed by atoms with E-state index in [-0.39, 0.29) is 18.7 Å². The summed E-state index contributed by atoms with van der Waals surface area (Å²) < 4.78 is 2.14. The highest BCUT2D eigenvalue weighted by Gasteiger charge is 2.18. The number of carboxylic acids is 1. The third-order valence-electron chi connectivity index (χ3n) is 3.87. The van der Waals surface area contributed by atoms with Crippen LogP contribution in [-0.4, -0.2) is 22.0 Å². The molecule has 122 valence electrons. The van der Waals surface area contributed by atoms with E-state index in [0.717, 1.165) is 23.1 Å². The first-order valence-electron chi connectivity index (χ1n) is 7.83. The van der Waals surface area contributed by atoms with Crippen molar-refractivity contribution in [2.24, 2.45) is 0 Å². The Hall–Kier alpha value is -3.02. The number of fused-ring (bicyclic) bond motifs is 2. The Balaban J connectivity index is 2.08. The van der Waals surface area contributed by atoms with Crippen LogP contribution in [-0.2, 0) is 16.1 Å². The maximum atomic E-state index is 12.0. The van der Waals surface area contributed by atoms with Crippen molar-refractivity contribution in [2.75, 3.05) is 5.32 Å². The van der Waals surface area contributed by atoms with E-state index in [1.807, 2.05) is 36.4 Å². The second kappa shape index (κ2) is 6.62. The molecule has 3 aromatic rings. The van der Waals surface area contributed by atoms with E-state index < -0.39 is 5.97 Å². The topological polar surface area (TPSA) is 83.2 Å². The van der Waals surface area contributed by atoms with Crippen LogP contribution in [0.2, 0.25) is 0 Å². The van der Waals surface area contributed by atoms with Crippen LogP contribution in [0, 0.1) is 0 Å². The molecule has 0 saturated heterocycles. The molecule has 6 heteroatoms. The molecular weight excluding hydrogens is 306 g/mol. The van der Waals surface area contributed by atoms with E-state index in [9.17, 15) is 9.59 Å². The van der Waals surface area contributed by atoms with Gasteiger partial charge in [-0.25, -0.2) is 4.98 Å². The summed E-state index contributed by atoms with van der Waals surface area (Å²) in [6.45, 7) is 2.83. The van der Waals surface area contributed by atoms with Gasteiger partial charge in [0.05, 0.1) is 12.1 Å². The molecule has 0 spiro atoms. The van der Waals surface area contributed by atoms with Crippen molar-refractivity contribution in [2.45, 2.75) is 26.3 Å². The van der Waals surface area contributed by atoms with Crippen LogP contribution in [0.3, 0.4) is 0 Å². The minimum Gasteiger partial charge on any atom is -0.481 e. The molecule has 6 nitrogen and oxygen atoms in total. The molecule has 1 aromatic heterocycles. The number of carbonyl (C=O) groups is 2. The molecule has 1 amide bonds. The SMILES string of the molecule is CC[n+]1c2ccccc2nc2c(NC(=O)CCC(=O)O)cccc21. The van der Waals surface area contributed by atoms with Crippen LogP contribution in [0.25, 0.3) is 22.1 Å². The highest BCUT2D eigenvalue weighted by molar-refractivity contribution is 6.00. The van der Waals surface area contributed by atoms with Crippen LogP contribution in [0.1, 0.15) is 19.8 Å². The second-order valence-electron chi connectivity index (χ2n) is 5.46. The Morgan fingerprint density at radius 1 is 1.08 bits per heavy atom. The number of aryl methyl sites for hydroxylation is 1. The molecule has 3 rings (SSSR count). The fraction of sp³-hybridized carbons (Fsp3) is 0.222. The summed E-state index contributed by atoms with van der Waals surface area (Å²) in [4.78, 5) is 27.3. The third-order valence-corrected chi connectivity index (χ3v) is 3.87. The maximum absolute atomic E-state index is 12.0. The van der Waals surface area contributed by atoms with E-state index in [2.05, 4.69) is 21.8 Å². The van der Waals surface area contributed by atoms with Crippen molar-refractivity contribution in [3.63, 3.8) is 0 Å². The molecule has 0 fully saturated rings. The zero-order chi connectivity index (χ0) is 17.1. The number of nitrogens with zero attached hydrogens (tertiary/aromatic N) is 2. The van der Waals surface area contributed by atoms with Gasteiger partial charge in [0.1, 0.15) is 12.1 Å². The quantitative estimate of drug-likeness (QED) is 0.558. The van der Waals surface area contributed by atoms with Crippen molar-refractivity contribution in [1.82, 2.24) is 4.98 Å². The zero-order valence-electron chi connectivity index (χ0n) is 13.3. The van der Waals surface area contributed by atoms with Gasteiger partial charge in [0.15, 0.2) is 5.52 Å². The fourth-order valence-corrected chi connectivity index (χ4v) is 2.78. The molecule has 0 atom stereocenters. The fourth-order valence-electron chi connectivity index (χ4n) is 2.78. The van der Waals surface area contributed by atoms with Crippen molar-refractivity contribution >= 4 is 39.6 Å². The Bertz CT molecular complexity index is 937. The number of hydrogen-bond acceptors (Lipinski definition) is 3. The second-order valence-corrected chi connectivity index (χ2v) is 5.46. The Morgan fingerprint density at radius 3 is 2.58 bits per heavy atom. The summed E-state index contributed by atoms with van der Waals surface area (Å²) in [5.41, 5.74) is 4.09. The largest absolute Gasteiger partial charge is 0.481 e. The first-order valence-corrected chi connectivity index (χ1v) is 7.83. The van der Waals surface area contributed by atoms with Gasteiger partial charge in [-0.05, 0) is 19.1 Å². The predicted molar refractivity (Wildman–Crippen MR) is 90.6 cm³/mol. The summed E-state index contributed by atoms with van der Waals surface area (Å²) in [6.07, 6.45) is -0.255. The number of carbonyl (C=O) groups excluding carboxylic acids is 1. The number of aromatic nitrogens is 2. The molecule has 0 saturated carbocycles. The van der Waals surface area contributed by atoms with Crippen LogP contribution >= 0.6 is 0 Å². The van der Waals surface area contributed by atoms with E-state index in [4.69, 9.17) is 5.11 Å². The molecule has 0 aliphatic rings. The number of para-hydroxylation sites is 3. The molecule has 2 aromatic carbocycles. The summed E-state index contributed by atoms with van der Waals surface area (Å²) >= 11 is 0. The van der Waals surface area contributed by atoms with Crippen LogP contribution < -0.4 is 9.88 Å². The van der Waals surface area contributed by atoms with E-state index >= 15 is 0 Å². The molecule has 0 bridgehead atoms. The summed E-state index contributed by atoms with van der Waals surface area (Å²) in [6, 6.07) is 13.5. The molecule has 0 unspecified atom stereocenters. The molecule has 2 N–H and O–H groups in total. The van der Waals surface area contributed by atoms with E-state index in [1.54, 1.807) is 6.07 Å². The summed E-state index contributed by atoms with van der Waals surface area (Å²) in [5.74, 6) is -1.32. The van der Waals surface area contributed by atoms with Gasteiger partial charge >= 0.3 is 5.97 Å². The van der Waals surface area contributed by atoms with E-state index in [0.29, 0.717) is 11.2 Å². The lowest BCUT2D eigenvalue weighted by Gasteiger charge is -2.08. The standard InChI is InChI=1S/C18H17N3O3/c1-2-21-14-8-4-3-6-12(14)20-18-13(7-5-9-15(18)21)19-16(22)10-11-17(23)24/h3-9H,2,10-11H2,1H3,(H,23,24)/p+1.